The first-order chi connectivity index (χ1) is 10.1. The van der Waals surface area contributed by atoms with E-state index in [0.29, 0.717) is 18.6 Å². The molecule has 0 saturated heterocycles. The fourth-order valence-electron chi connectivity index (χ4n) is 2.37. The molecule has 0 fully saturated rings. The molecule has 2 atom stereocenters. The summed E-state index contributed by atoms with van der Waals surface area (Å²) in [5.74, 6) is -0.755. The number of carbonyl (C=O) groups is 2. The highest BCUT2D eigenvalue weighted by molar-refractivity contribution is 5.87. The number of carboxylic acids is 1. The van der Waals surface area contributed by atoms with Gasteiger partial charge in [0.2, 0.25) is 5.91 Å². The molecule has 1 aliphatic heterocycles. The van der Waals surface area contributed by atoms with Crippen molar-refractivity contribution < 1.29 is 24.2 Å². The molecule has 1 heterocycles. The summed E-state index contributed by atoms with van der Waals surface area (Å²) in [4.78, 5) is 23.5. The summed E-state index contributed by atoms with van der Waals surface area (Å²) >= 11 is 0. The van der Waals surface area contributed by atoms with Gasteiger partial charge in [-0.1, -0.05) is 13.0 Å². The predicted octanol–water partition coefficient (Wildman–Crippen LogP) is 1.29. The van der Waals surface area contributed by atoms with E-state index in [2.05, 4.69) is 5.32 Å². The minimum Gasteiger partial charge on any atom is -0.493 e. The number of carbonyl (C=O) groups excluding carboxylic acids is 1. The summed E-state index contributed by atoms with van der Waals surface area (Å²) in [7, 11) is 1.43. The monoisotopic (exact) mass is 293 g/mol. The molecule has 1 aromatic carbocycles. The molecule has 1 amide bonds. The second-order valence-electron chi connectivity index (χ2n) is 4.88. The van der Waals surface area contributed by atoms with E-state index in [9.17, 15) is 14.7 Å². The minimum absolute atomic E-state index is 0.427. The van der Waals surface area contributed by atoms with Crippen LogP contribution in [0.25, 0.3) is 0 Å². The quantitative estimate of drug-likeness (QED) is 0.825. The van der Waals surface area contributed by atoms with Crippen molar-refractivity contribution in [2.24, 2.45) is 0 Å². The Balaban J connectivity index is 2.19. The third-order valence-electron chi connectivity index (χ3n) is 3.53. The summed E-state index contributed by atoms with van der Waals surface area (Å²) in [5, 5.41) is 11.9. The van der Waals surface area contributed by atoms with Crippen LogP contribution >= 0.6 is 0 Å². The Bertz CT molecular complexity index is 539. The molecule has 6 heteroatoms. The highest BCUT2D eigenvalue weighted by Gasteiger charge is 2.27. The smallest absolute Gasteiger partial charge is 0.330 e. The maximum Gasteiger partial charge on any atom is 0.330 e. The Hall–Kier alpha value is -2.08. The van der Waals surface area contributed by atoms with Crippen molar-refractivity contribution in [3.05, 3.63) is 29.3 Å². The highest BCUT2D eigenvalue weighted by Crippen LogP contribution is 2.28. The van der Waals surface area contributed by atoms with Crippen LogP contribution in [0.4, 0.5) is 0 Å². The lowest BCUT2D eigenvalue weighted by Gasteiger charge is -2.19. The van der Waals surface area contributed by atoms with Gasteiger partial charge in [-0.25, -0.2) is 4.79 Å². The lowest BCUT2D eigenvalue weighted by Crippen LogP contribution is -2.40. The average molecular weight is 293 g/mol. The Morgan fingerprint density at radius 3 is 2.86 bits per heavy atom. The molecular formula is C15H19NO5. The van der Waals surface area contributed by atoms with Gasteiger partial charge in [-0.3, -0.25) is 4.79 Å². The van der Waals surface area contributed by atoms with E-state index in [1.807, 2.05) is 0 Å². The molecule has 21 heavy (non-hydrogen) atoms. The Morgan fingerprint density at radius 1 is 1.48 bits per heavy atom. The summed E-state index contributed by atoms with van der Waals surface area (Å²) in [6, 6.07) is 4.09. The molecule has 0 bridgehead atoms. The lowest BCUT2D eigenvalue weighted by molar-refractivity contribution is -0.144. The number of methoxy groups -OCH3 is 1. The van der Waals surface area contributed by atoms with Gasteiger partial charge in [-0.05, 0) is 29.7 Å². The van der Waals surface area contributed by atoms with Gasteiger partial charge in [-0.15, -0.1) is 0 Å². The molecule has 0 aromatic heterocycles. The number of aliphatic carboxylic acids is 1. The van der Waals surface area contributed by atoms with E-state index in [0.717, 1.165) is 17.7 Å². The molecule has 6 nitrogen and oxygen atoms in total. The van der Waals surface area contributed by atoms with Crippen molar-refractivity contribution in [2.75, 3.05) is 13.7 Å². The van der Waals surface area contributed by atoms with Crippen LogP contribution in [0.5, 0.6) is 5.75 Å². The average Bonchev–Trinajstić information content (AvgIpc) is 2.93. The van der Waals surface area contributed by atoms with Crippen molar-refractivity contribution in [3.8, 4) is 5.75 Å². The van der Waals surface area contributed by atoms with Gasteiger partial charge < -0.3 is 19.9 Å². The van der Waals surface area contributed by atoms with Gasteiger partial charge in [0.25, 0.3) is 0 Å². The van der Waals surface area contributed by atoms with Crippen LogP contribution in [0.15, 0.2) is 18.2 Å². The highest BCUT2D eigenvalue weighted by atomic mass is 16.5. The molecule has 0 radical (unpaired) electrons. The summed E-state index contributed by atoms with van der Waals surface area (Å²) in [5.41, 5.74) is 1.50. The number of hydrogen-bond acceptors (Lipinski definition) is 4. The van der Waals surface area contributed by atoms with Crippen LogP contribution in [-0.4, -0.2) is 36.8 Å². The first-order valence-electron chi connectivity index (χ1n) is 6.88. The fraction of sp³-hybridized carbons (Fsp3) is 0.467. The van der Waals surface area contributed by atoms with Crippen LogP contribution in [0.2, 0.25) is 0 Å². The zero-order chi connectivity index (χ0) is 15.4. The number of benzene rings is 1. The van der Waals surface area contributed by atoms with E-state index in [1.165, 1.54) is 7.11 Å². The summed E-state index contributed by atoms with van der Waals surface area (Å²) in [6.07, 6.45) is 0.579. The van der Waals surface area contributed by atoms with E-state index in [1.54, 1.807) is 25.1 Å². The Morgan fingerprint density at radius 2 is 2.24 bits per heavy atom. The van der Waals surface area contributed by atoms with Gasteiger partial charge >= 0.3 is 5.97 Å². The van der Waals surface area contributed by atoms with Crippen molar-refractivity contribution in [2.45, 2.75) is 31.9 Å². The molecule has 0 aliphatic carbocycles. The topological polar surface area (TPSA) is 84.9 Å². The maximum atomic E-state index is 12.0. The Labute approximate surface area is 123 Å². The van der Waals surface area contributed by atoms with Crippen LogP contribution in [0.3, 0.4) is 0 Å². The molecule has 2 unspecified atom stereocenters. The number of nitrogens with one attached hydrogen (secondary N) is 1. The minimum atomic E-state index is -1.10. The normalized spacial score (nSPS) is 15.7. The largest absolute Gasteiger partial charge is 0.493 e. The molecule has 0 saturated carbocycles. The number of ether oxygens (including phenoxy) is 2. The predicted molar refractivity (Wildman–Crippen MR) is 75.2 cm³/mol. The summed E-state index contributed by atoms with van der Waals surface area (Å²) in [6.45, 7) is 2.40. The van der Waals surface area contributed by atoms with E-state index >= 15 is 0 Å². The zero-order valence-electron chi connectivity index (χ0n) is 12.1. The number of carboxylic acid groups (broad SMARTS) is 1. The number of rotatable bonds is 6. The molecule has 1 aromatic rings. The van der Waals surface area contributed by atoms with Crippen LogP contribution in [-0.2, 0) is 20.7 Å². The molecular weight excluding hydrogens is 274 g/mol. The van der Waals surface area contributed by atoms with Crippen molar-refractivity contribution in [1.29, 1.82) is 0 Å². The zero-order valence-corrected chi connectivity index (χ0v) is 12.1. The molecule has 2 N–H and O–H groups in total. The van der Waals surface area contributed by atoms with Gasteiger partial charge in [0.1, 0.15) is 11.9 Å². The number of hydrogen-bond donors (Lipinski definition) is 2. The van der Waals surface area contributed by atoms with Crippen LogP contribution in [0.1, 0.15) is 30.5 Å². The fourth-order valence-corrected chi connectivity index (χ4v) is 2.37. The van der Waals surface area contributed by atoms with Gasteiger partial charge in [-0.2, -0.15) is 0 Å². The van der Waals surface area contributed by atoms with Gasteiger partial charge in [0, 0.05) is 13.5 Å². The van der Waals surface area contributed by atoms with Crippen molar-refractivity contribution in [3.63, 3.8) is 0 Å². The maximum absolute atomic E-state index is 12.0. The van der Waals surface area contributed by atoms with Crippen molar-refractivity contribution in [1.82, 2.24) is 5.32 Å². The van der Waals surface area contributed by atoms with Crippen molar-refractivity contribution >= 4 is 11.9 Å². The molecule has 0 spiro atoms. The Kier molecular flexibility index (Phi) is 4.80. The standard InChI is InChI=1S/C15H19NO5/c1-3-11(20-2)14(17)16-13(15(18)19)10-4-5-12-9(8-10)6-7-21-12/h4-5,8,11,13H,3,6-7H2,1-2H3,(H,16,17)(H,18,19). The second kappa shape index (κ2) is 6.58. The second-order valence-corrected chi connectivity index (χ2v) is 4.88. The van der Waals surface area contributed by atoms with Gasteiger partial charge in [0.15, 0.2) is 6.04 Å². The number of fused-ring (bicyclic) bond motifs is 1. The van der Waals surface area contributed by atoms with E-state index in [-0.39, 0.29) is 0 Å². The third-order valence-corrected chi connectivity index (χ3v) is 3.53. The third kappa shape index (κ3) is 3.33. The van der Waals surface area contributed by atoms with Crippen LogP contribution in [0, 0.1) is 0 Å². The number of amides is 1. The SMILES string of the molecule is CCC(OC)C(=O)NC(C(=O)O)c1ccc2c(c1)CCO2. The molecule has 2 rings (SSSR count). The molecule has 1 aliphatic rings. The van der Waals surface area contributed by atoms with E-state index in [4.69, 9.17) is 9.47 Å². The lowest BCUT2D eigenvalue weighted by atomic mass is 10.0. The first kappa shape index (κ1) is 15.3. The molecule has 114 valence electrons. The van der Waals surface area contributed by atoms with Gasteiger partial charge in [0.05, 0.1) is 6.61 Å². The first-order valence-corrected chi connectivity index (χ1v) is 6.88. The van der Waals surface area contributed by atoms with Crippen LogP contribution < -0.4 is 10.1 Å². The summed E-state index contributed by atoms with van der Waals surface area (Å²) < 4.78 is 10.4. The van der Waals surface area contributed by atoms with E-state index < -0.39 is 24.0 Å².